The van der Waals surface area contributed by atoms with Gasteiger partial charge in [-0.15, -0.1) is 10.2 Å². The number of furan rings is 1. The second kappa shape index (κ2) is 6.98. The van der Waals surface area contributed by atoms with E-state index in [1.54, 1.807) is 6.92 Å². The van der Waals surface area contributed by atoms with Gasteiger partial charge in [0.2, 0.25) is 5.76 Å². The van der Waals surface area contributed by atoms with Crippen LogP contribution < -0.4 is 0 Å². The van der Waals surface area contributed by atoms with Crippen molar-refractivity contribution in [2.24, 2.45) is 7.05 Å². The molecule has 126 valence electrons. The molecule has 0 unspecified atom stereocenters. The van der Waals surface area contributed by atoms with E-state index in [0.29, 0.717) is 17.9 Å². The van der Waals surface area contributed by atoms with Crippen molar-refractivity contribution >= 4 is 44.6 Å². The van der Waals surface area contributed by atoms with Crippen LogP contribution in [0.2, 0.25) is 0 Å². The minimum atomic E-state index is -0.449. The van der Waals surface area contributed by atoms with Gasteiger partial charge in [-0.2, -0.15) is 0 Å². The Balaban J connectivity index is 1.99. The highest BCUT2D eigenvalue weighted by Crippen LogP contribution is 2.33. The minimum absolute atomic E-state index is 0.247. The first-order valence-corrected chi connectivity index (χ1v) is 9.16. The van der Waals surface area contributed by atoms with Gasteiger partial charge in [0, 0.05) is 28.2 Å². The van der Waals surface area contributed by atoms with Crippen molar-refractivity contribution in [1.29, 1.82) is 0 Å². The molecule has 1 aromatic carbocycles. The summed E-state index contributed by atoms with van der Waals surface area (Å²) in [5.74, 6) is 1.16. The van der Waals surface area contributed by atoms with Gasteiger partial charge in [-0.25, -0.2) is 4.79 Å². The van der Waals surface area contributed by atoms with E-state index in [9.17, 15) is 4.79 Å². The average Bonchev–Trinajstić information content (AvgIpc) is 3.07. The molecule has 2 aromatic heterocycles. The monoisotopic (exact) mass is 409 g/mol. The summed E-state index contributed by atoms with van der Waals surface area (Å²) < 4.78 is 13.7. The smallest absolute Gasteiger partial charge is 0.374 e. The molecule has 0 amide bonds. The third kappa shape index (κ3) is 3.21. The lowest BCUT2D eigenvalue weighted by atomic mass is 10.1. The summed E-state index contributed by atoms with van der Waals surface area (Å²) in [4.78, 5) is 12.2. The molecule has 0 saturated heterocycles. The fraction of sp³-hybridized carbons (Fsp3) is 0.312. The Morgan fingerprint density at radius 1 is 1.42 bits per heavy atom. The first-order valence-electron chi connectivity index (χ1n) is 7.38. The number of nitrogens with zero attached hydrogens (tertiary/aromatic N) is 3. The molecule has 8 heteroatoms. The highest BCUT2D eigenvalue weighted by Gasteiger charge is 2.22. The largest absolute Gasteiger partial charge is 0.460 e. The number of benzene rings is 1. The molecular weight excluding hydrogens is 394 g/mol. The zero-order valence-corrected chi connectivity index (χ0v) is 15.9. The van der Waals surface area contributed by atoms with Crippen molar-refractivity contribution in [1.82, 2.24) is 14.8 Å². The Labute approximate surface area is 151 Å². The third-order valence-corrected chi connectivity index (χ3v) is 5.15. The number of ether oxygens (including phenoxy) is 1. The van der Waals surface area contributed by atoms with E-state index in [1.165, 1.54) is 11.8 Å². The van der Waals surface area contributed by atoms with Crippen LogP contribution >= 0.6 is 27.7 Å². The van der Waals surface area contributed by atoms with Crippen LogP contribution in [0.1, 0.15) is 28.9 Å². The number of carbonyl (C=O) groups is 1. The van der Waals surface area contributed by atoms with E-state index in [0.717, 1.165) is 26.4 Å². The zero-order chi connectivity index (χ0) is 17.3. The zero-order valence-electron chi connectivity index (χ0n) is 13.5. The van der Waals surface area contributed by atoms with Crippen LogP contribution in [0, 0.1) is 6.92 Å². The number of esters is 1. The number of aromatic nitrogens is 3. The lowest BCUT2D eigenvalue weighted by Gasteiger charge is -2.04. The normalized spacial score (nSPS) is 11.2. The van der Waals surface area contributed by atoms with Gasteiger partial charge in [0.05, 0.1) is 6.61 Å². The third-order valence-electron chi connectivity index (χ3n) is 3.61. The summed E-state index contributed by atoms with van der Waals surface area (Å²) in [6.07, 6.45) is 0. The Kier molecular flexibility index (Phi) is 4.96. The maximum absolute atomic E-state index is 12.2. The fourth-order valence-corrected chi connectivity index (χ4v) is 3.62. The molecule has 0 saturated carbocycles. The number of hydrogen-bond donors (Lipinski definition) is 0. The molecular formula is C16H16BrN3O3S. The molecule has 0 spiro atoms. The second-order valence-corrected chi connectivity index (χ2v) is 7.01. The van der Waals surface area contributed by atoms with E-state index in [-0.39, 0.29) is 5.76 Å². The predicted octanol–water partition coefficient (Wildman–Crippen LogP) is 4.10. The van der Waals surface area contributed by atoms with Crippen LogP contribution in [0.3, 0.4) is 0 Å². The van der Waals surface area contributed by atoms with Gasteiger partial charge in [-0.3, -0.25) is 0 Å². The van der Waals surface area contributed by atoms with E-state index in [1.807, 2.05) is 36.7 Å². The first kappa shape index (κ1) is 17.0. The van der Waals surface area contributed by atoms with Gasteiger partial charge < -0.3 is 13.7 Å². The molecule has 0 aliphatic carbocycles. The van der Waals surface area contributed by atoms with Gasteiger partial charge in [-0.05, 0) is 32.0 Å². The number of fused-ring (bicyclic) bond motifs is 1. The van der Waals surface area contributed by atoms with Crippen LogP contribution in [0.5, 0.6) is 0 Å². The van der Waals surface area contributed by atoms with Crippen LogP contribution in [0.4, 0.5) is 0 Å². The second-order valence-electron chi connectivity index (χ2n) is 5.15. The number of thioether (sulfide) groups is 1. The molecule has 0 aliphatic rings. The summed E-state index contributed by atoms with van der Waals surface area (Å²) in [5.41, 5.74) is 1.46. The minimum Gasteiger partial charge on any atom is -0.460 e. The van der Waals surface area contributed by atoms with Gasteiger partial charge >= 0.3 is 5.97 Å². The summed E-state index contributed by atoms with van der Waals surface area (Å²) in [7, 11) is 1.91. The number of carbonyl (C=O) groups excluding carboxylic acids is 1. The van der Waals surface area contributed by atoms with Crippen molar-refractivity contribution in [3.05, 3.63) is 39.8 Å². The summed E-state index contributed by atoms with van der Waals surface area (Å²) in [6.45, 7) is 3.97. The SMILES string of the molecule is CCOC(=O)c1oc2ccc(Br)cc2c1CSc1nnc(C)n1C. The van der Waals surface area contributed by atoms with Crippen molar-refractivity contribution < 1.29 is 13.9 Å². The Morgan fingerprint density at radius 3 is 2.88 bits per heavy atom. The highest BCUT2D eigenvalue weighted by atomic mass is 79.9. The van der Waals surface area contributed by atoms with Gasteiger partial charge in [0.25, 0.3) is 0 Å². The van der Waals surface area contributed by atoms with Crippen LogP contribution in [-0.2, 0) is 17.5 Å². The van der Waals surface area contributed by atoms with E-state index in [4.69, 9.17) is 9.15 Å². The van der Waals surface area contributed by atoms with Crippen molar-refractivity contribution in [2.75, 3.05) is 6.61 Å². The standard InChI is InChI=1S/C16H16BrN3O3S/c1-4-22-15(21)14-12(8-24-16-19-18-9(2)20(16)3)11-7-10(17)5-6-13(11)23-14/h5-7H,4,8H2,1-3H3. The molecule has 2 heterocycles. The molecule has 0 fully saturated rings. The molecule has 3 rings (SSSR count). The van der Waals surface area contributed by atoms with Gasteiger partial charge in [-0.1, -0.05) is 27.7 Å². The predicted molar refractivity (Wildman–Crippen MR) is 95.2 cm³/mol. The van der Waals surface area contributed by atoms with Crippen molar-refractivity contribution in [3.8, 4) is 0 Å². The molecule has 0 bridgehead atoms. The molecule has 6 nitrogen and oxygen atoms in total. The Hall–Kier alpha value is -1.80. The molecule has 0 aliphatic heterocycles. The Bertz CT molecular complexity index is 903. The van der Waals surface area contributed by atoms with Crippen molar-refractivity contribution in [3.63, 3.8) is 0 Å². The molecule has 0 N–H and O–H groups in total. The quantitative estimate of drug-likeness (QED) is 0.466. The number of aryl methyl sites for hydroxylation is 1. The van der Waals surface area contributed by atoms with Crippen LogP contribution in [0.25, 0.3) is 11.0 Å². The topological polar surface area (TPSA) is 70.2 Å². The number of hydrogen-bond acceptors (Lipinski definition) is 6. The fourth-order valence-electron chi connectivity index (χ4n) is 2.28. The average molecular weight is 410 g/mol. The molecule has 3 aromatic rings. The maximum Gasteiger partial charge on any atom is 0.374 e. The number of rotatable bonds is 5. The van der Waals surface area contributed by atoms with E-state index >= 15 is 0 Å². The van der Waals surface area contributed by atoms with Crippen LogP contribution in [0.15, 0.2) is 32.2 Å². The lowest BCUT2D eigenvalue weighted by Crippen LogP contribution is -2.06. The van der Waals surface area contributed by atoms with Gasteiger partial charge in [0.15, 0.2) is 5.16 Å². The maximum atomic E-state index is 12.2. The van der Waals surface area contributed by atoms with E-state index in [2.05, 4.69) is 26.1 Å². The lowest BCUT2D eigenvalue weighted by molar-refractivity contribution is 0.0491. The molecule has 0 radical (unpaired) electrons. The Morgan fingerprint density at radius 2 is 2.21 bits per heavy atom. The molecule has 24 heavy (non-hydrogen) atoms. The summed E-state index contributed by atoms with van der Waals surface area (Å²) >= 11 is 4.97. The highest BCUT2D eigenvalue weighted by molar-refractivity contribution is 9.10. The first-order chi connectivity index (χ1) is 11.5. The van der Waals surface area contributed by atoms with Crippen LogP contribution in [-0.4, -0.2) is 27.3 Å². The van der Waals surface area contributed by atoms with Crippen molar-refractivity contribution in [2.45, 2.75) is 24.8 Å². The summed E-state index contributed by atoms with van der Waals surface area (Å²) in [5, 5.41) is 9.86. The summed E-state index contributed by atoms with van der Waals surface area (Å²) in [6, 6.07) is 5.66. The van der Waals surface area contributed by atoms with E-state index < -0.39 is 5.97 Å². The number of halogens is 1. The molecule has 0 atom stereocenters. The van der Waals surface area contributed by atoms with Gasteiger partial charge in [0.1, 0.15) is 11.4 Å².